The predicted octanol–water partition coefficient (Wildman–Crippen LogP) is 2.33. The summed E-state index contributed by atoms with van der Waals surface area (Å²) in [7, 11) is 0. The summed E-state index contributed by atoms with van der Waals surface area (Å²) in [6.07, 6.45) is 2.38. The van der Waals surface area contributed by atoms with Crippen LogP contribution in [0.15, 0.2) is 12.3 Å². The van der Waals surface area contributed by atoms with Gasteiger partial charge in [-0.1, -0.05) is 30.1 Å². The summed E-state index contributed by atoms with van der Waals surface area (Å²) in [5.74, 6) is 0.368. The van der Waals surface area contributed by atoms with Crippen molar-refractivity contribution in [1.82, 2.24) is 10.3 Å². The van der Waals surface area contributed by atoms with Crippen molar-refractivity contribution in [3.63, 3.8) is 0 Å². The van der Waals surface area contributed by atoms with Gasteiger partial charge in [-0.15, -0.1) is 0 Å². The summed E-state index contributed by atoms with van der Waals surface area (Å²) >= 11 is 11.6. The molecule has 1 aromatic heterocycles. The number of hydrogen-bond donors (Lipinski definition) is 2. The molecule has 88 valence electrons. The molecule has 1 rings (SSSR count). The van der Waals surface area contributed by atoms with Gasteiger partial charge in [-0.3, -0.25) is 4.79 Å². The van der Waals surface area contributed by atoms with Crippen molar-refractivity contribution in [2.45, 2.75) is 13.3 Å². The minimum atomic E-state index is -0.0883. The van der Waals surface area contributed by atoms with Crippen molar-refractivity contribution in [3.8, 4) is 0 Å². The van der Waals surface area contributed by atoms with Gasteiger partial charge in [0.2, 0.25) is 5.91 Å². The van der Waals surface area contributed by atoms with Crippen LogP contribution in [0.5, 0.6) is 0 Å². The topological polar surface area (TPSA) is 54.0 Å². The Labute approximate surface area is 104 Å². The van der Waals surface area contributed by atoms with E-state index in [-0.39, 0.29) is 12.5 Å². The van der Waals surface area contributed by atoms with Gasteiger partial charge in [-0.05, 0) is 12.5 Å². The van der Waals surface area contributed by atoms with Crippen LogP contribution in [0, 0.1) is 0 Å². The van der Waals surface area contributed by atoms with Crippen LogP contribution in [0.1, 0.15) is 13.3 Å². The Morgan fingerprint density at radius 3 is 2.88 bits per heavy atom. The zero-order valence-corrected chi connectivity index (χ0v) is 10.4. The number of aromatic nitrogens is 1. The number of pyridine rings is 1. The van der Waals surface area contributed by atoms with Crippen LogP contribution in [-0.4, -0.2) is 24.0 Å². The smallest absolute Gasteiger partial charge is 0.239 e. The van der Waals surface area contributed by atoms with Gasteiger partial charge in [-0.2, -0.15) is 0 Å². The fraction of sp³-hybridized carbons (Fsp3) is 0.400. The van der Waals surface area contributed by atoms with E-state index in [1.54, 1.807) is 6.07 Å². The molecule has 0 spiro atoms. The zero-order chi connectivity index (χ0) is 12.0. The van der Waals surface area contributed by atoms with E-state index in [0.717, 1.165) is 6.42 Å². The van der Waals surface area contributed by atoms with Crippen molar-refractivity contribution < 1.29 is 4.79 Å². The molecule has 0 aliphatic carbocycles. The van der Waals surface area contributed by atoms with Gasteiger partial charge in [0.05, 0.1) is 16.6 Å². The molecule has 0 unspecified atom stereocenters. The molecular weight excluding hydrogens is 249 g/mol. The Morgan fingerprint density at radius 1 is 1.50 bits per heavy atom. The number of anilines is 1. The molecule has 0 saturated heterocycles. The minimum Gasteiger partial charge on any atom is -0.360 e. The van der Waals surface area contributed by atoms with Crippen LogP contribution in [-0.2, 0) is 4.79 Å². The maximum atomic E-state index is 11.3. The van der Waals surface area contributed by atoms with Gasteiger partial charge in [0.1, 0.15) is 5.82 Å². The number of rotatable bonds is 5. The normalized spacial score (nSPS) is 9.94. The van der Waals surface area contributed by atoms with Gasteiger partial charge in [0.25, 0.3) is 0 Å². The van der Waals surface area contributed by atoms with Crippen LogP contribution < -0.4 is 10.6 Å². The Bertz CT molecular complexity index is 371. The summed E-state index contributed by atoms with van der Waals surface area (Å²) < 4.78 is 0. The van der Waals surface area contributed by atoms with Crippen molar-refractivity contribution in [2.24, 2.45) is 0 Å². The molecule has 1 heterocycles. The predicted molar refractivity (Wildman–Crippen MR) is 66.0 cm³/mol. The van der Waals surface area contributed by atoms with Crippen LogP contribution in [0.3, 0.4) is 0 Å². The summed E-state index contributed by atoms with van der Waals surface area (Å²) in [6, 6.07) is 1.57. The maximum absolute atomic E-state index is 11.3. The van der Waals surface area contributed by atoms with E-state index in [9.17, 15) is 4.79 Å². The fourth-order valence-electron chi connectivity index (χ4n) is 1.04. The Morgan fingerprint density at radius 2 is 2.25 bits per heavy atom. The standard InChI is InChI=1S/C10H13Cl2N3O/c1-2-3-13-9(16)6-15-10-8(12)4-7(11)5-14-10/h4-5H,2-3,6H2,1H3,(H,13,16)(H,14,15). The lowest BCUT2D eigenvalue weighted by atomic mass is 10.4. The lowest BCUT2D eigenvalue weighted by molar-refractivity contribution is -0.119. The number of nitrogens with zero attached hydrogens (tertiary/aromatic N) is 1. The first-order chi connectivity index (χ1) is 7.63. The largest absolute Gasteiger partial charge is 0.360 e. The number of halogens is 2. The molecule has 6 heteroatoms. The van der Waals surface area contributed by atoms with Gasteiger partial charge in [0.15, 0.2) is 0 Å². The van der Waals surface area contributed by atoms with Crippen molar-refractivity contribution in [1.29, 1.82) is 0 Å². The number of nitrogens with one attached hydrogen (secondary N) is 2. The molecule has 0 radical (unpaired) electrons. The van der Waals surface area contributed by atoms with E-state index in [2.05, 4.69) is 15.6 Å². The molecule has 0 aliphatic rings. The fourth-order valence-corrected chi connectivity index (χ4v) is 1.48. The highest BCUT2D eigenvalue weighted by molar-refractivity contribution is 6.35. The quantitative estimate of drug-likeness (QED) is 0.856. The van der Waals surface area contributed by atoms with E-state index in [4.69, 9.17) is 23.2 Å². The second-order valence-corrected chi connectivity index (χ2v) is 4.03. The first kappa shape index (κ1) is 13.1. The van der Waals surface area contributed by atoms with Gasteiger partial charge in [0, 0.05) is 12.7 Å². The summed E-state index contributed by atoms with van der Waals surface area (Å²) in [6.45, 7) is 2.81. The summed E-state index contributed by atoms with van der Waals surface area (Å²) in [4.78, 5) is 15.3. The molecule has 4 nitrogen and oxygen atoms in total. The average Bonchev–Trinajstić information content (AvgIpc) is 2.25. The second-order valence-electron chi connectivity index (χ2n) is 3.19. The molecule has 0 atom stereocenters. The second kappa shape index (κ2) is 6.55. The average molecular weight is 262 g/mol. The number of hydrogen-bond acceptors (Lipinski definition) is 3. The van der Waals surface area contributed by atoms with Gasteiger partial charge >= 0.3 is 0 Å². The van der Waals surface area contributed by atoms with E-state index in [1.807, 2.05) is 6.92 Å². The van der Waals surface area contributed by atoms with E-state index < -0.39 is 0 Å². The molecule has 1 amide bonds. The molecule has 16 heavy (non-hydrogen) atoms. The highest BCUT2D eigenvalue weighted by Crippen LogP contribution is 2.21. The summed E-state index contributed by atoms with van der Waals surface area (Å²) in [5, 5.41) is 6.43. The lowest BCUT2D eigenvalue weighted by Crippen LogP contribution is -2.30. The Balaban J connectivity index is 2.45. The third kappa shape index (κ3) is 4.24. The highest BCUT2D eigenvalue weighted by Gasteiger charge is 2.04. The first-order valence-corrected chi connectivity index (χ1v) is 5.70. The van der Waals surface area contributed by atoms with E-state index >= 15 is 0 Å². The molecule has 2 N–H and O–H groups in total. The highest BCUT2D eigenvalue weighted by atomic mass is 35.5. The van der Waals surface area contributed by atoms with Gasteiger partial charge < -0.3 is 10.6 Å². The number of carbonyl (C=O) groups excluding carboxylic acids is 1. The molecular formula is C10H13Cl2N3O. The monoisotopic (exact) mass is 261 g/mol. The molecule has 0 aliphatic heterocycles. The Hall–Kier alpha value is -1.000. The lowest BCUT2D eigenvalue weighted by Gasteiger charge is -2.07. The van der Waals surface area contributed by atoms with E-state index in [1.165, 1.54) is 6.20 Å². The molecule has 1 aromatic rings. The maximum Gasteiger partial charge on any atom is 0.239 e. The van der Waals surface area contributed by atoms with Crippen LogP contribution in [0.2, 0.25) is 10.0 Å². The van der Waals surface area contributed by atoms with Crippen molar-refractivity contribution >= 4 is 34.9 Å². The summed E-state index contributed by atoms with van der Waals surface area (Å²) in [5.41, 5.74) is 0. The third-order valence-electron chi connectivity index (χ3n) is 1.80. The minimum absolute atomic E-state index is 0.0883. The first-order valence-electron chi connectivity index (χ1n) is 4.95. The molecule has 0 fully saturated rings. The number of carbonyl (C=O) groups is 1. The molecule has 0 saturated carbocycles. The van der Waals surface area contributed by atoms with E-state index in [0.29, 0.717) is 22.4 Å². The van der Waals surface area contributed by atoms with Gasteiger partial charge in [-0.25, -0.2) is 4.98 Å². The van der Waals surface area contributed by atoms with Crippen molar-refractivity contribution in [3.05, 3.63) is 22.3 Å². The number of amides is 1. The zero-order valence-electron chi connectivity index (χ0n) is 8.89. The Kier molecular flexibility index (Phi) is 5.35. The molecule has 0 aromatic carbocycles. The van der Waals surface area contributed by atoms with Crippen molar-refractivity contribution in [2.75, 3.05) is 18.4 Å². The van der Waals surface area contributed by atoms with Crippen LogP contribution in [0.25, 0.3) is 0 Å². The van der Waals surface area contributed by atoms with Crippen LogP contribution >= 0.6 is 23.2 Å². The van der Waals surface area contributed by atoms with Crippen LogP contribution in [0.4, 0.5) is 5.82 Å². The SMILES string of the molecule is CCCNC(=O)CNc1ncc(Cl)cc1Cl. The third-order valence-corrected chi connectivity index (χ3v) is 2.29. The molecule has 0 bridgehead atoms.